The maximum Gasteiger partial charge on any atom is 0.472 e. The van der Waals surface area contributed by atoms with Crippen LogP contribution in [0.2, 0.25) is 0 Å². The van der Waals surface area contributed by atoms with Gasteiger partial charge in [-0.1, -0.05) is 402 Å². The van der Waals surface area contributed by atoms with Crippen LogP contribution in [0.5, 0.6) is 0 Å². The van der Waals surface area contributed by atoms with Gasteiger partial charge in [0.1, 0.15) is 19.3 Å². The fourth-order valence-electron chi connectivity index (χ4n) is 13.5. The Bertz CT molecular complexity index is 2060. The van der Waals surface area contributed by atoms with Crippen molar-refractivity contribution in [1.82, 2.24) is 0 Å². The highest BCUT2D eigenvalue weighted by Crippen LogP contribution is 2.45. The Hall–Kier alpha value is -1.94. The molecule has 0 saturated carbocycles. The molecule has 3 N–H and O–H groups in total. The predicted molar refractivity (Wildman–Crippen MR) is 437 cm³/mol. The van der Waals surface area contributed by atoms with Gasteiger partial charge in [0.15, 0.2) is 12.2 Å². The Kier molecular flexibility index (Phi) is 74.3. The molecule has 0 heterocycles. The maximum atomic E-state index is 13.2. The molecule has 0 aromatic heterocycles. The summed E-state index contributed by atoms with van der Waals surface area (Å²) in [6.07, 6.45) is 65.2. The molecule has 0 aromatic carbocycles. The van der Waals surface area contributed by atoms with Gasteiger partial charge >= 0.3 is 39.5 Å². The molecule has 5 atom stereocenters. The zero-order valence-corrected chi connectivity index (χ0v) is 71.9. The number of hydrogen-bond donors (Lipinski definition) is 3. The van der Waals surface area contributed by atoms with E-state index in [0.717, 1.165) is 114 Å². The summed E-state index contributed by atoms with van der Waals surface area (Å²) >= 11 is 0. The Morgan fingerprint density at radius 3 is 0.585 bits per heavy atom. The summed E-state index contributed by atoms with van der Waals surface area (Å²) in [6.45, 7) is 14.4. The summed E-state index contributed by atoms with van der Waals surface area (Å²) < 4.78 is 69.0. The van der Waals surface area contributed by atoms with Gasteiger partial charge in [-0.15, -0.1) is 0 Å². The summed E-state index contributed by atoms with van der Waals surface area (Å²) in [5.74, 6) is 1.05. The lowest BCUT2D eigenvalue weighted by atomic mass is 10.0. The molecule has 17 nitrogen and oxygen atoms in total. The van der Waals surface area contributed by atoms with Gasteiger partial charge in [-0.05, 0) is 49.4 Å². The van der Waals surface area contributed by atoms with Crippen molar-refractivity contribution in [3.8, 4) is 0 Å². The second kappa shape index (κ2) is 75.7. The monoisotopic (exact) mass is 1550 g/mol. The smallest absolute Gasteiger partial charge is 0.462 e. The van der Waals surface area contributed by atoms with E-state index in [1.54, 1.807) is 0 Å². The van der Waals surface area contributed by atoms with Gasteiger partial charge in [0.05, 0.1) is 26.4 Å². The van der Waals surface area contributed by atoms with Crippen molar-refractivity contribution in [3.63, 3.8) is 0 Å². The number of phosphoric ester groups is 2. The molecular weight excluding hydrogens is 1380 g/mol. The molecule has 0 aliphatic rings. The number of ether oxygens (including phenoxy) is 4. The van der Waals surface area contributed by atoms with Crippen molar-refractivity contribution in [2.24, 2.45) is 23.7 Å². The first-order chi connectivity index (χ1) is 51.1. The lowest BCUT2D eigenvalue weighted by Crippen LogP contribution is -2.30. The molecule has 0 radical (unpaired) electrons. The largest absolute Gasteiger partial charge is 0.472 e. The molecule has 0 spiro atoms. The number of hydrogen-bond acceptors (Lipinski definition) is 15. The summed E-state index contributed by atoms with van der Waals surface area (Å²) in [7, 11) is -9.93. The van der Waals surface area contributed by atoms with E-state index in [0.29, 0.717) is 25.7 Å². The third-order valence-electron chi connectivity index (χ3n) is 20.3. The highest BCUT2D eigenvalue weighted by atomic mass is 31.2. The SMILES string of the molecule is CC(C)CCCCCCCCCCCCCCCCCCC(=O)O[C@H](COC(=O)CCCCCCCCCCCCCCCCCC(C)C)COP(=O)(O)OC[C@@H](O)COP(=O)(O)OC[C@@H](COC(=O)CCCCCCCCCCCC(C)C)OC(=O)CCCCCCCCCCCCCCCCC(C)C. The van der Waals surface area contributed by atoms with Crippen LogP contribution in [-0.2, 0) is 65.4 Å². The average molecular weight is 1550 g/mol. The van der Waals surface area contributed by atoms with Crippen molar-refractivity contribution < 1.29 is 80.2 Å². The summed E-state index contributed by atoms with van der Waals surface area (Å²) in [6, 6.07) is 0. The molecule has 0 saturated heterocycles. The first-order valence-electron chi connectivity index (χ1n) is 44.7. The lowest BCUT2D eigenvalue weighted by molar-refractivity contribution is -0.161. The molecule has 106 heavy (non-hydrogen) atoms. The Morgan fingerprint density at radius 2 is 0.396 bits per heavy atom. The topological polar surface area (TPSA) is 237 Å². The van der Waals surface area contributed by atoms with Gasteiger partial charge in [0, 0.05) is 25.7 Å². The van der Waals surface area contributed by atoms with Crippen LogP contribution >= 0.6 is 15.6 Å². The number of aliphatic hydroxyl groups is 1. The van der Waals surface area contributed by atoms with Gasteiger partial charge in [-0.3, -0.25) is 37.3 Å². The number of esters is 4. The zero-order valence-electron chi connectivity index (χ0n) is 70.1. The first kappa shape index (κ1) is 104. The van der Waals surface area contributed by atoms with E-state index >= 15 is 0 Å². The number of unbranched alkanes of at least 4 members (excludes halogenated alkanes) is 50. The second-order valence-electron chi connectivity index (χ2n) is 33.2. The first-order valence-corrected chi connectivity index (χ1v) is 47.7. The van der Waals surface area contributed by atoms with E-state index in [-0.39, 0.29) is 25.7 Å². The van der Waals surface area contributed by atoms with Crippen molar-refractivity contribution in [3.05, 3.63) is 0 Å². The summed E-state index contributed by atoms with van der Waals surface area (Å²) in [5.41, 5.74) is 0. The van der Waals surface area contributed by atoms with E-state index in [1.165, 1.54) is 257 Å². The minimum absolute atomic E-state index is 0.107. The standard InChI is InChI=1S/C87H170O17P2/c1-77(2)63-55-47-39-31-24-18-12-9-10-14-22-28-36-45-53-61-69-86(91)103-82(73-97-84(89)67-59-51-43-35-27-21-15-11-13-19-25-32-40-48-56-64-78(3)4)75-101-105(93,94)99-71-81(88)72-100-106(95,96)102-76-83(74-98-85(90)68-60-52-44-38-30-34-42-50-58-66-80(7)8)104-87(92)70-62-54-46-37-29-23-17-16-20-26-33-41-49-57-65-79(5)6/h77-83,88H,9-76H2,1-8H3,(H,93,94)(H,95,96)/t81-,82-,83-/m1/s1. The fraction of sp³-hybridized carbons (Fsp3) is 0.954. The number of aliphatic hydroxyl groups excluding tert-OH is 1. The third kappa shape index (κ3) is 80.1. The van der Waals surface area contributed by atoms with Crippen molar-refractivity contribution in [1.29, 1.82) is 0 Å². The Balaban J connectivity index is 5.26. The molecule has 0 bridgehead atoms. The van der Waals surface area contributed by atoms with Crippen LogP contribution in [0.4, 0.5) is 0 Å². The maximum absolute atomic E-state index is 13.2. The molecule has 630 valence electrons. The minimum atomic E-state index is -4.97. The number of phosphoric acid groups is 2. The van der Waals surface area contributed by atoms with E-state index in [4.69, 9.17) is 37.0 Å². The molecule has 0 fully saturated rings. The van der Waals surface area contributed by atoms with Crippen molar-refractivity contribution in [2.75, 3.05) is 39.6 Å². The van der Waals surface area contributed by atoms with Crippen LogP contribution in [0.15, 0.2) is 0 Å². The Morgan fingerprint density at radius 1 is 0.236 bits per heavy atom. The van der Waals surface area contributed by atoms with Crippen LogP contribution in [0, 0.1) is 23.7 Å². The van der Waals surface area contributed by atoms with Crippen LogP contribution in [0.3, 0.4) is 0 Å². The Labute approximate surface area is 651 Å². The molecule has 19 heteroatoms. The highest BCUT2D eigenvalue weighted by Gasteiger charge is 2.31. The summed E-state index contributed by atoms with van der Waals surface area (Å²) in [5, 5.41) is 10.7. The molecule has 0 aliphatic heterocycles. The van der Waals surface area contributed by atoms with E-state index in [1.807, 2.05) is 0 Å². The van der Waals surface area contributed by atoms with Crippen LogP contribution in [0.25, 0.3) is 0 Å². The second-order valence-corrected chi connectivity index (χ2v) is 36.1. The number of carbonyl (C=O) groups excluding carboxylic acids is 4. The highest BCUT2D eigenvalue weighted by molar-refractivity contribution is 7.47. The van der Waals surface area contributed by atoms with E-state index < -0.39 is 97.5 Å². The van der Waals surface area contributed by atoms with Crippen LogP contribution in [-0.4, -0.2) is 96.7 Å². The van der Waals surface area contributed by atoms with Gasteiger partial charge in [-0.25, -0.2) is 9.13 Å². The van der Waals surface area contributed by atoms with Gasteiger partial charge in [-0.2, -0.15) is 0 Å². The van der Waals surface area contributed by atoms with Crippen LogP contribution < -0.4 is 0 Å². The van der Waals surface area contributed by atoms with Gasteiger partial charge < -0.3 is 33.8 Å². The van der Waals surface area contributed by atoms with Gasteiger partial charge in [0.2, 0.25) is 0 Å². The van der Waals surface area contributed by atoms with E-state index in [2.05, 4.69) is 55.4 Å². The predicted octanol–water partition coefficient (Wildman–Crippen LogP) is 26.3. The minimum Gasteiger partial charge on any atom is -0.462 e. The quantitative estimate of drug-likeness (QED) is 0.0222. The third-order valence-corrected chi connectivity index (χ3v) is 22.2. The number of carbonyl (C=O) groups is 4. The average Bonchev–Trinajstić information content (AvgIpc) is 0.901. The molecule has 0 aliphatic carbocycles. The van der Waals surface area contributed by atoms with E-state index in [9.17, 15) is 43.2 Å². The van der Waals surface area contributed by atoms with Crippen molar-refractivity contribution in [2.45, 2.75) is 472 Å². The molecule has 2 unspecified atom stereocenters. The molecule has 0 rings (SSSR count). The number of rotatable bonds is 84. The molecule has 0 amide bonds. The molecule has 0 aromatic rings. The molecular formula is C87H170O17P2. The van der Waals surface area contributed by atoms with Gasteiger partial charge in [0.25, 0.3) is 0 Å². The zero-order chi connectivity index (χ0) is 78.1. The van der Waals surface area contributed by atoms with Crippen molar-refractivity contribution >= 4 is 39.5 Å². The fourth-order valence-corrected chi connectivity index (χ4v) is 15.1. The normalized spacial score (nSPS) is 13.9. The lowest BCUT2D eigenvalue weighted by Gasteiger charge is -2.21. The van der Waals surface area contributed by atoms with Crippen LogP contribution in [0.1, 0.15) is 453 Å². The summed E-state index contributed by atoms with van der Waals surface area (Å²) in [4.78, 5) is 73.3.